The summed E-state index contributed by atoms with van der Waals surface area (Å²) in [6.45, 7) is 1.01. The lowest BCUT2D eigenvalue weighted by Crippen LogP contribution is -2.40. The summed E-state index contributed by atoms with van der Waals surface area (Å²) in [5, 5.41) is 3.54. The number of rotatable bonds is 7. The number of hydrogen-bond acceptors (Lipinski definition) is 3. The average molecular weight is 312 g/mol. The molecule has 0 aliphatic rings. The minimum Gasteiger partial charge on any atom is -0.355 e. The van der Waals surface area contributed by atoms with Crippen molar-refractivity contribution < 1.29 is 9.59 Å². The van der Waals surface area contributed by atoms with Gasteiger partial charge in [0, 0.05) is 25.7 Å². The largest absolute Gasteiger partial charge is 0.355 e. The van der Waals surface area contributed by atoms with Gasteiger partial charge < -0.3 is 10.2 Å². The van der Waals surface area contributed by atoms with Crippen molar-refractivity contribution in [1.29, 1.82) is 0 Å². The van der Waals surface area contributed by atoms with Crippen molar-refractivity contribution in [3.63, 3.8) is 0 Å². The molecular weight excluding hydrogens is 290 g/mol. The summed E-state index contributed by atoms with van der Waals surface area (Å²) in [6, 6.07) is 7.55. The van der Waals surface area contributed by atoms with E-state index in [4.69, 9.17) is 11.6 Å². The molecule has 0 saturated heterocycles. The Morgan fingerprint density at radius 3 is 2.29 bits per heavy atom. The Morgan fingerprint density at radius 1 is 1.10 bits per heavy atom. The lowest BCUT2D eigenvalue weighted by atomic mass is 10.1. The van der Waals surface area contributed by atoms with Crippen molar-refractivity contribution in [3.8, 4) is 0 Å². The van der Waals surface area contributed by atoms with Crippen LogP contribution >= 0.6 is 11.6 Å². The number of nitrogens with one attached hydrogen (secondary N) is 1. The molecule has 1 rings (SSSR count). The van der Waals surface area contributed by atoms with Gasteiger partial charge in [-0.1, -0.05) is 23.7 Å². The Morgan fingerprint density at radius 2 is 1.71 bits per heavy atom. The van der Waals surface area contributed by atoms with E-state index in [0.717, 1.165) is 12.0 Å². The third kappa shape index (κ3) is 7.11. The third-order valence-electron chi connectivity index (χ3n) is 2.97. The van der Waals surface area contributed by atoms with E-state index in [1.54, 1.807) is 26.0 Å². The molecule has 6 heteroatoms. The summed E-state index contributed by atoms with van der Waals surface area (Å²) >= 11 is 5.81. The van der Waals surface area contributed by atoms with Crippen LogP contribution in [0.15, 0.2) is 24.3 Å². The Bertz CT molecular complexity index is 474. The predicted octanol–water partition coefficient (Wildman–Crippen LogP) is 1.02. The molecular formula is C15H22ClN3O2. The van der Waals surface area contributed by atoms with Crippen molar-refractivity contribution in [1.82, 2.24) is 15.1 Å². The fourth-order valence-corrected chi connectivity index (χ4v) is 1.85. The van der Waals surface area contributed by atoms with Gasteiger partial charge >= 0.3 is 0 Å². The van der Waals surface area contributed by atoms with Crippen LogP contribution in [0, 0.1) is 0 Å². The molecule has 0 bridgehead atoms. The van der Waals surface area contributed by atoms with Crippen LogP contribution in [-0.2, 0) is 16.0 Å². The molecule has 2 amide bonds. The zero-order valence-corrected chi connectivity index (χ0v) is 13.5. The van der Waals surface area contributed by atoms with Crippen LogP contribution in [0.2, 0.25) is 5.02 Å². The van der Waals surface area contributed by atoms with E-state index in [9.17, 15) is 9.59 Å². The highest BCUT2D eigenvalue weighted by molar-refractivity contribution is 6.30. The van der Waals surface area contributed by atoms with Gasteiger partial charge in [0.1, 0.15) is 0 Å². The summed E-state index contributed by atoms with van der Waals surface area (Å²) < 4.78 is 0. The normalized spacial score (nSPS) is 10.5. The van der Waals surface area contributed by atoms with Gasteiger partial charge in [-0.2, -0.15) is 0 Å². The molecule has 0 heterocycles. The first-order chi connectivity index (χ1) is 9.88. The first kappa shape index (κ1) is 17.5. The topological polar surface area (TPSA) is 52.7 Å². The van der Waals surface area contributed by atoms with Crippen LogP contribution < -0.4 is 5.32 Å². The Kier molecular flexibility index (Phi) is 7.19. The molecule has 0 spiro atoms. The molecule has 5 nitrogen and oxygen atoms in total. The van der Waals surface area contributed by atoms with Gasteiger partial charge in [0.2, 0.25) is 11.8 Å². The lowest BCUT2D eigenvalue weighted by molar-refractivity contribution is -0.130. The number of carbonyl (C=O) groups excluding carboxylic acids is 2. The van der Waals surface area contributed by atoms with Crippen molar-refractivity contribution in [2.45, 2.75) is 6.42 Å². The van der Waals surface area contributed by atoms with Crippen LogP contribution in [-0.4, -0.2) is 62.4 Å². The molecule has 21 heavy (non-hydrogen) atoms. The number of likely N-dealkylation sites (N-methyl/N-ethyl adjacent to an activating group) is 2. The smallest absolute Gasteiger partial charge is 0.236 e. The molecule has 1 aromatic carbocycles. The molecule has 0 aliphatic carbocycles. The number of amides is 2. The number of halogens is 1. The highest BCUT2D eigenvalue weighted by Crippen LogP contribution is 2.09. The van der Waals surface area contributed by atoms with Crippen LogP contribution in [0.4, 0.5) is 0 Å². The lowest BCUT2D eigenvalue weighted by Gasteiger charge is -2.18. The molecule has 1 aromatic rings. The maximum Gasteiger partial charge on any atom is 0.236 e. The van der Waals surface area contributed by atoms with Crippen molar-refractivity contribution >= 4 is 23.4 Å². The summed E-state index contributed by atoms with van der Waals surface area (Å²) in [7, 11) is 5.14. The summed E-state index contributed by atoms with van der Waals surface area (Å²) in [5.41, 5.74) is 1.12. The van der Waals surface area contributed by atoms with Gasteiger partial charge in [0.25, 0.3) is 0 Å². The average Bonchev–Trinajstić information content (AvgIpc) is 2.40. The van der Waals surface area contributed by atoms with E-state index in [0.29, 0.717) is 11.6 Å². The van der Waals surface area contributed by atoms with Gasteiger partial charge in [0.05, 0.1) is 13.1 Å². The highest BCUT2D eigenvalue weighted by atomic mass is 35.5. The second-order valence-corrected chi connectivity index (χ2v) is 5.62. The summed E-state index contributed by atoms with van der Waals surface area (Å²) in [6.07, 6.45) is 0.753. The zero-order valence-electron chi connectivity index (χ0n) is 12.7. The molecule has 0 saturated carbocycles. The number of hydrogen-bond donors (Lipinski definition) is 1. The monoisotopic (exact) mass is 311 g/mol. The van der Waals surface area contributed by atoms with E-state index in [-0.39, 0.29) is 24.9 Å². The second kappa shape index (κ2) is 8.64. The molecule has 0 fully saturated rings. The van der Waals surface area contributed by atoms with Gasteiger partial charge in [-0.3, -0.25) is 14.5 Å². The molecule has 0 unspecified atom stereocenters. The van der Waals surface area contributed by atoms with E-state index >= 15 is 0 Å². The summed E-state index contributed by atoms with van der Waals surface area (Å²) in [4.78, 5) is 26.5. The molecule has 0 aromatic heterocycles. The first-order valence-electron chi connectivity index (χ1n) is 6.78. The van der Waals surface area contributed by atoms with Crippen molar-refractivity contribution in [2.24, 2.45) is 0 Å². The van der Waals surface area contributed by atoms with Crippen LogP contribution in [0.3, 0.4) is 0 Å². The maximum atomic E-state index is 11.8. The van der Waals surface area contributed by atoms with Gasteiger partial charge in [-0.05, 0) is 31.2 Å². The number of nitrogens with zero attached hydrogens (tertiary/aromatic N) is 2. The molecule has 116 valence electrons. The van der Waals surface area contributed by atoms with E-state index in [1.165, 1.54) is 4.90 Å². The number of benzene rings is 1. The predicted molar refractivity (Wildman–Crippen MR) is 84.4 cm³/mol. The standard InChI is InChI=1S/C15H22ClN3O2/c1-18(2)15(21)11-19(3)10-14(20)17-9-8-12-4-6-13(16)7-5-12/h4-7H,8-11H2,1-3H3,(H,17,20). The fraction of sp³-hybridized carbons (Fsp3) is 0.467. The zero-order chi connectivity index (χ0) is 15.8. The van der Waals surface area contributed by atoms with Crippen molar-refractivity contribution in [3.05, 3.63) is 34.9 Å². The Balaban J connectivity index is 2.24. The van der Waals surface area contributed by atoms with Crippen LogP contribution in [0.25, 0.3) is 0 Å². The molecule has 0 aliphatic heterocycles. The van der Waals surface area contributed by atoms with Crippen LogP contribution in [0.5, 0.6) is 0 Å². The third-order valence-corrected chi connectivity index (χ3v) is 3.22. The molecule has 0 atom stereocenters. The summed E-state index contributed by atoms with van der Waals surface area (Å²) in [5.74, 6) is -0.107. The van der Waals surface area contributed by atoms with Gasteiger partial charge in [0.15, 0.2) is 0 Å². The minimum absolute atomic E-state index is 0.0218. The van der Waals surface area contributed by atoms with Gasteiger partial charge in [-0.15, -0.1) is 0 Å². The van der Waals surface area contributed by atoms with E-state index in [1.807, 2.05) is 24.3 Å². The SMILES string of the molecule is CN(CC(=O)NCCc1ccc(Cl)cc1)CC(=O)N(C)C. The minimum atomic E-state index is -0.0852. The Labute approximate surface area is 130 Å². The van der Waals surface area contributed by atoms with Gasteiger partial charge in [-0.25, -0.2) is 0 Å². The molecule has 1 N–H and O–H groups in total. The van der Waals surface area contributed by atoms with Crippen LogP contribution in [0.1, 0.15) is 5.56 Å². The fourth-order valence-electron chi connectivity index (χ4n) is 1.73. The van der Waals surface area contributed by atoms with Crippen molar-refractivity contribution in [2.75, 3.05) is 40.8 Å². The molecule has 0 radical (unpaired) electrons. The number of carbonyl (C=O) groups is 2. The Hall–Kier alpha value is -1.59. The maximum absolute atomic E-state index is 11.8. The highest BCUT2D eigenvalue weighted by Gasteiger charge is 2.11. The first-order valence-corrected chi connectivity index (χ1v) is 7.16. The van der Waals surface area contributed by atoms with E-state index in [2.05, 4.69) is 5.32 Å². The quantitative estimate of drug-likeness (QED) is 0.818. The second-order valence-electron chi connectivity index (χ2n) is 5.19. The van der Waals surface area contributed by atoms with E-state index < -0.39 is 0 Å².